The van der Waals surface area contributed by atoms with Crippen molar-refractivity contribution < 1.29 is 8.42 Å². The molecule has 2 rings (SSSR count). The Hall–Kier alpha value is -0.870. The second-order valence-electron chi connectivity index (χ2n) is 5.38. The maximum Gasteiger partial charge on any atom is 0.178 e. The zero-order chi connectivity index (χ0) is 13.2. The number of hydrogen-bond donors (Lipinski definition) is 1. The molecule has 3 nitrogen and oxygen atoms in total. The van der Waals surface area contributed by atoms with Crippen LogP contribution in [0.15, 0.2) is 29.2 Å². The molecule has 100 valence electrons. The van der Waals surface area contributed by atoms with Crippen LogP contribution in [0.4, 0.5) is 0 Å². The van der Waals surface area contributed by atoms with E-state index in [4.69, 9.17) is 5.73 Å². The van der Waals surface area contributed by atoms with E-state index in [-0.39, 0.29) is 17.7 Å². The Kier molecular flexibility index (Phi) is 4.07. The predicted molar refractivity (Wildman–Crippen MR) is 73.2 cm³/mol. The van der Waals surface area contributed by atoms with Crippen molar-refractivity contribution in [3.05, 3.63) is 29.8 Å². The van der Waals surface area contributed by atoms with Gasteiger partial charge in [0.05, 0.1) is 10.6 Å². The van der Waals surface area contributed by atoms with E-state index in [0.717, 1.165) is 31.2 Å². The van der Waals surface area contributed by atoms with Gasteiger partial charge < -0.3 is 5.73 Å². The Morgan fingerprint density at radius 1 is 1.22 bits per heavy atom. The van der Waals surface area contributed by atoms with Crippen LogP contribution in [0.3, 0.4) is 0 Å². The molecule has 0 atom stereocenters. The molecular weight excluding hydrogens is 246 g/mol. The normalized spacial score (nSPS) is 25.0. The van der Waals surface area contributed by atoms with E-state index in [9.17, 15) is 8.42 Å². The van der Waals surface area contributed by atoms with E-state index in [0.29, 0.717) is 4.90 Å². The maximum absolute atomic E-state index is 12.3. The minimum atomic E-state index is -3.14. The summed E-state index contributed by atoms with van der Waals surface area (Å²) in [6.07, 6.45) is 3.78. The lowest BCUT2D eigenvalue weighted by Gasteiger charge is -2.25. The molecule has 0 saturated heterocycles. The number of hydrogen-bond acceptors (Lipinski definition) is 3. The van der Waals surface area contributed by atoms with Gasteiger partial charge >= 0.3 is 0 Å². The quantitative estimate of drug-likeness (QED) is 0.914. The van der Waals surface area contributed by atoms with Crippen LogP contribution in [0.25, 0.3) is 0 Å². The van der Waals surface area contributed by atoms with Gasteiger partial charge in [-0.2, -0.15) is 0 Å². The highest BCUT2D eigenvalue weighted by atomic mass is 32.2. The van der Waals surface area contributed by atoms with Gasteiger partial charge in [-0.3, -0.25) is 0 Å². The van der Waals surface area contributed by atoms with Crippen LogP contribution in [0, 0.1) is 12.8 Å². The summed E-state index contributed by atoms with van der Waals surface area (Å²) in [6, 6.07) is 7.43. The summed E-state index contributed by atoms with van der Waals surface area (Å²) in [4.78, 5) is 0.456. The summed E-state index contributed by atoms with van der Waals surface area (Å²) in [6.45, 7) is 1.92. The van der Waals surface area contributed by atoms with Crippen molar-refractivity contribution in [2.24, 2.45) is 11.7 Å². The second kappa shape index (κ2) is 5.41. The molecule has 1 aromatic rings. The Balaban J connectivity index is 2.08. The fraction of sp³-hybridized carbons (Fsp3) is 0.571. The molecule has 1 aliphatic carbocycles. The zero-order valence-corrected chi connectivity index (χ0v) is 11.6. The highest BCUT2D eigenvalue weighted by molar-refractivity contribution is 7.91. The SMILES string of the molecule is Cc1cccc(S(=O)(=O)C[C@H]2CC[C@H](N)CC2)c1. The van der Waals surface area contributed by atoms with E-state index in [2.05, 4.69) is 0 Å². The predicted octanol–water partition coefficient (Wildman–Crippen LogP) is 2.29. The molecule has 4 heteroatoms. The largest absolute Gasteiger partial charge is 0.328 e. The first-order valence-corrected chi connectivity index (χ1v) is 8.17. The van der Waals surface area contributed by atoms with E-state index < -0.39 is 9.84 Å². The van der Waals surface area contributed by atoms with Crippen LogP contribution < -0.4 is 5.73 Å². The van der Waals surface area contributed by atoms with Gasteiger partial charge in [0.1, 0.15) is 0 Å². The highest BCUT2D eigenvalue weighted by Gasteiger charge is 2.25. The summed E-state index contributed by atoms with van der Waals surface area (Å²) in [5.74, 6) is 0.540. The van der Waals surface area contributed by atoms with Crippen molar-refractivity contribution in [1.82, 2.24) is 0 Å². The van der Waals surface area contributed by atoms with Crippen LogP contribution in [0.1, 0.15) is 31.2 Å². The van der Waals surface area contributed by atoms with Crippen molar-refractivity contribution in [3.63, 3.8) is 0 Å². The number of rotatable bonds is 3. The topological polar surface area (TPSA) is 60.2 Å². The molecule has 0 aromatic heterocycles. The average Bonchev–Trinajstić information content (AvgIpc) is 2.32. The van der Waals surface area contributed by atoms with Gasteiger partial charge in [0.2, 0.25) is 0 Å². The summed E-state index contributed by atoms with van der Waals surface area (Å²) in [5.41, 5.74) is 6.83. The van der Waals surface area contributed by atoms with E-state index in [1.165, 1.54) is 0 Å². The van der Waals surface area contributed by atoms with Gasteiger partial charge in [-0.05, 0) is 56.2 Å². The van der Waals surface area contributed by atoms with Crippen molar-refractivity contribution in [2.75, 3.05) is 5.75 Å². The van der Waals surface area contributed by atoms with Gasteiger partial charge in [0, 0.05) is 6.04 Å². The Bertz CT molecular complexity index is 502. The molecule has 0 amide bonds. The molecule has 1 fully saturated rings. The molecule has 1 aliphatic rings. The van der Waals surface area contributed by atoms with Gasteiger partial charge in [-0.25, -0.2) is 8.42 Å². The third-order valence-corrected chi connectivity index (χ3v) is 5.58. The van der Waals surface area contributed by atoms with Gasteiger partial charge in [0.25, 0.3) is 0 Å². The van der Waals surface area contributed by atoms with E-state index >= 15 is 0 Å². The van der Waals surface area contributed by atoms with Crippen molar-refractivity contribution in [2.45, 2.75) is 43.5 Å². The standard InChI is InChI=1S/C14H21NO2S/c1-11-3-2-4-14(9-11)18(16,17)10-12-5-7-13(15)8-6-12/h2-4,9,12-13H,5-8,10,15H2,1H3/t12-,13-. The van der Waals surface area contributed by atoms with Gasteiger partial charge in [0.15, 0.2) is 9.84 Å². The fourth-order valence-corrected chi connectivity index (χ4v) is 4.37. The smallest absolute Gasteiger partial charge is 0.178 e. The lowest BCUT2D eigenvalue weighted by atomic mass is 9.88. The van der Waals surface area contributed by atoms with E-state index in [1.54, 1.807) is 18.2 Å². The van der Waals surface area contributed by atoms with Crippen LogP contribution in [0.2, 0.25) is 0 Å². The summed E-state index contributed by atoms with van der Waals surface area (Å²) in [5, 5.41) is 0. The molecule has 18 heavy (non-hydrogen) atoms. The summed E-state index contributed by atoms with van der Waals surface area (Å²) < 4.78 is 24.6. The molecule has 1 saturated carbocycles. The van der Waals surface area contributed by atoms with E-state index in [1.807, 2.05) is 13.0 Å². The Morgan fingerprint density at radius 2 is 1.89 bits per heavy atom. The zero-order valence-electron chi connectivity index (χ0n) is 10.8. The fourth-order valence-electron chi connectivity index (χ4n) is 2.57. The lowest BCUT2D eigenvalue weighted by Crippen LogP contribution is -2.29. The molecule has 0 radical (unpaired) electrons. The van der Waals surface area contributed by atoms with Crippen LogP contribution >= 0.6 is 0 Å². The third kappa shape index (κ3) is 3.33. The first kappa shape index (κ1) is 13.6. The minimum Gasteiger partial charge on any atom is -0.328 e. The number of nitrogens with two attached hydrogens (primary N) is 1. The van der Waals surface area contributed by atoms with Crippen LogP contribution in [0.5, 0.6) is 0 Å². The van der Waals surface area contributed by atoms with Crippen molar-refractivity contribution >= 4 is 9.84 Å². The highest BCUT2D eigenvalue weighted by Crippen LogP contribution is 2.26. The monoisotopic (exact) mass is 267 g/mol. The van der Waals surface area contributed by atoms with Gasteiger partial charge in [-0.15, -0.1) is 0 Å². The first-order valence-electron chi connectivity index (χ1n) is 6.52. The number of sulfone groups is 1. The molecular formula is C14H21NO2S. The number of benzene rings is 1. The molecule has 0 bridgehead atoms. The third-order valence-electron chi connectivity index (χ3n) is 3.70. The molecule has 0 spiro atoms. The van der Waals surface area contributed by atoms with Crippen molar-refractivity contribution in [3.8, 4) is 0 Å². The lowest BCUT2D eigenvalue weighted by molar-refractivity contribution is 0.348. The average molecular weight is 267 g/mol. The maximum atomic E-state index is 12.3. The van der Waals surface area contributed by atoms with Crippen LogP contribution in [-0.2, 0) is 9.84 Å². The summed E-state index contributed by atoms with van der Waals surface area (Å²) >= 11 is 0. The van der Waals surface area contributed by atoms with Crippen molar-refractivity contribution in [1.29, 1.82) is 0 Å². The number of aryl methyl sites for hydroxylation is 1. The molecule has 0 unspecified atom stereocenters. The Morgan fingerprint density at radius 3 is 2.50 bits per heavy atom. The van der Waals surface area contributed by atoms with Crippen LogP contribution in [-0.4, -0.2) is 20.2 Å². The first-order chi connectivity index (χ1) is 8.47. The molecule has 0 aliphatic heterocycles. The minimum absolute atomic E-state index is 0.267. The second-order valence-corrected chi connectivity index (χ2v) is 7.41. The molecule has 2 N–H and O–H groups in total. The Labute approximate surface area is 109 Å². The van der Waals surface area contributed by atoms with Gasteiger partial charge in [-0.1, -0.05) is 12.1 Å². The molecule has 0 heterocycles. The molecule has 1 aromatic carbocycles. The summed E-state index contributed by atoms with van der Waals surface area (Å²) in [7, 11) is -3.14.